The van der Waals surface area contributed by atoms with E-state index < -0.39 is 0 Å². The van der Waals surface area contributed by atoms with E-state index in [1.54, 1.807) is 42.7 Å². The fraction of sp³-hybridized carbons (Fsp3) is 0.235. The largest absolute Gasteiger partial charge is 0.497 e. The molecule has 0 unspecified atom stereocenters. The molecule has 0 radical (unpaired) electrons. The van der Waals surface area contributed by atoms with Gasteiger partial charge in [-0.15, -0.1) is 21.5 Å². The number of ketones is 1. The van der Waals surface area contributed by atoms with Crippen LogP contribution in [0.25, 0.3) is 10.7 Å². The molecule has 0 aliphatic heterocycles. The molecule has 3 aromatic rings. The summed E-state index contributed by atoms with van der Waals surface area (Å²) in [6.45, 7) is 1.89. The number of methoxy groups -OCH3 is 1. The monoisotopic (exact) mass is 359 g/mol. The van der Waals surface area contributed by atoms with Crippen LogP contribution < -0.4 is 4.74 Å². The Labute approximate surface area is 148 Å². The number of hydrogen-bond donors (Lipinski definition) is 0. The number of carbonyl (C=O) groups is 1. The van der Waals surface area contributed by atoms with Gasteiger partial charge in [-0.2, -0.15) is 0 Å². The van der Waals surface area contributed by atoms with Crippen LogP contribution in [0.15, 0.2) is 46.9 Å². The lowest BCUT2D eigenvalue weighted by Crippen LogP contribution is -2.14. The second-order valence-corrected chi connectivity index (χ2v) is 7.45. The molecule has 2 aromatic heterocycles. The number of thioether (sulfide) groups is 1. The van der Waals surface area contributed by atoms with E-state index in [1.807, 2.05) is 36.1 Å². The van der Waals surface area contributed by atoms with Crippen LogP contribution in [0.2, 0.25) is 0 Å². The first kappa shape index (κ1) is 16.7. The van der Waals surface area contributed by atoms with Crippen molar-refractivity contribution < 1.29 is 9.53 Å². The van der Waals surface area contributed by atoms with E-state index in [4.69, 9.17) is 4.74 Å². The molecule has 0 aliphatic rings. The number of Topliss-reactive ketones (excluding diaryl/α,β-unsaturated/α-hetero) is 1. The Bertz CT molecular complexity index is 826. The maximum Gasteiger partial charge on any atom is 0.191 e. The highest BCUT2D eigenvalue weighted by atomic mass is 32.2. The van der Waals surface area contributed by atoms with Gasteiger partial charge in [0.2, 0.25) is 0 Å². The van der Waals surface area contributed by atoms with E-state index in [0.717, 1.165) is 21.6 Å². The van der Waals surface area contributed by atoms with E-state index in [9.17, 15) is 4.79 Å². The van der Waals surface area contributed by atoms with Crippen LogP contribution in [0.1, 0.15) is 17.3 Å². The molecule has 5 nitrogen and oxygen atoms in total. The SMILES string of the molecule is COc1ccc(C(=O)[C@H](C)Sc2nnc(-c3cccs3)n2C)cc1. The average molecular weight is 359 g/mol. The van der Waals surface area contributed by atoms with Gasteiger partial charge in [0.25, 0.3) is 0 Å². The van der Waals surface area contributed by atoms with Crippen LogP contribution in [0, 0.1) is 0 Å². The fourth-order valence-corrected chi connectivity index (χ4v) is 3.88. The number of benzene rings is 1. The first-order chi connectivity index (χ1) is 11.6. The van der Waals surface area contributed by atoms with Crippen LogP contribution in [-0.4, -0.2) is 32.9 Å². The zero-order valence-electron chi connectivity index (χ0n) is 13.6. The lowest BCUT2D eigenvalue weighted by atomic mass is 10.1. The smallest absolute Gasteiger partial charge is 0.191 e. The molecule has 124 valence electrons. The molecule has 0 N–H and O–H groups in total. The average Bonchev–Trinajstić information content (AvgIpc) is 3.25. The zero-order chi connectivity index (χ0) is 17.1. The number of rotatable bonds is 6. The molecular formula is C17H17N3O2S2. The highest BCUT2D eigenvalue weighted by Crippen LogP contribution is 2.29. The number of ether oxygens (including phenoxy) is 1. The normalized spacial score (nSPS) is 12.1. The summed E-state index contributed by atoms with van der Waals surface area (Å²) in [6, 6.07) is 11.1. The minimum Gasteiger partial charge on any atom is -0.497 e. The third-order valence-electron chi connectivity index (χ3n) is 3.60. The van der Waals surface area contributed by atoms with Crippen molar-refractivity contribution in [3.63, 3.8) is 0 Å². The highest BCUT2D eigenvalue weighted by molar-refractivity contribution is 8.00. The number of nitrogens with zero attached hydrogens (tertiary/aromatic N) is 3. The van der Waals surface area contributed by atoms with Gasteiger partial charge in [0, 0.05) is 12.6 Å². The van der Waals surface area contributed by atoms with Crippen molar-refractivity contribution >= 4 is 28.9 Å². The molecule has 7 heteroatoms. The summed E-state index contributed by atoms with van der Waals surface area (Å²) < 4.78 is 7.05. The second kappa shape index (κ2) is 7.19. The van der Waals surface area contributed by atoms with E-state index in [0.29, 0.717) is 5.56 Å². The first-order valence-electron chi connectivity index (χ1n) is 7.38. The molecule has 1 aromatic carbocycles. The molecule has 24 heavy (non-hydrogen) atoms. The van der Waals surface area contributed by atoms with Gasteiger partial charge in [-0.1, -0.05) is 17.8 Å². The summed E-state index contributed by atoms with van der Waals surface area (Å²) in [6.07, 6.45) is 0. The fourth-order valence-electron chi connectivity index (χ4n) is 2.24. The van der Waals surface area contributed by atoms with Crippen LogP contribution >= 0.6 is 23.1 Å². The van der Waals surface area contributed by atoms with Crippen LogP contribution in [0.3, 0.4) is 0 Å². The van der Waals surface area contributed by atoms with Gasteiger partial charge in [0.15, 0.2) is 16.8 Å². The summed E-state index contributed by atoms with van der Waals surface area (Å²) >= 11 is 3.03. The van der Waals surface area contributed by atoms with Crippen molar-refractivity contribution in [3.05, 3.63) is 47.3 Å². The molecule has 3 rings (SSSR count). The Kier molecular flexibility index (Phi) is 5.01. The second-order valence-electron chi connectivity index (χ2n) is 5.20. The van der Waals surface area contributed by atoms with E-state index in [-0.39, 0.29) is 11.0 Å². The van der Waals surface area contributed by atoms with Crippen molar-refractivity contribution in [2.45, 2.75) is 17.3 Å². The van der Waals surface area contributed by atoms with Gasteiger partial charge in [-0.25, -0.2) is 0 Å². The van der Waals surface area contributed by atoms with Crippen molar-refractivity contribution in [2.75, 3.05) is 7.11 Å². The van der Waals surface area contributed by atoms with Gasteiger partial charge in [-0.05, 0) is 42.6 Å². The summed E-state index contributed by atoms with van der Waals surface area (Å²) in [5, 5.41) is 10.9. The summed E-state index contributed by atoms with van der Waals surface area (Å²) in [5.74, 6) is 1.61. The number of hydrogen-bond acceptors (Lipinski definition) is 6. The van der Waals surface area contributed by atoms with Crippen molar-refractivity contribution in [2.24, 2.45) is 7.05 Å². The third-order valence-corrected chi connectivity index (χ3v) is 5.60. The standard InChI is InChI=1S/C17H17N3O2S2/c1-11(15(21)12-6-8-13(22-3)9-7-12)24-17-19-18-16(20(17)2)14-5-4-10-23-14/h4-11H,1-3H3/t11-/m0/s1. The molecule has 0 amide bonds. The molecule has 0 saturated heterocycles. The van der Waals surface area contributed by atoms with E-state index >= 15 is 0 Å². The Hall–Kier alpha value is -2.12. The Morgan fingerprint density at radius 1 is 1.25 bits per heavy atom. The highest BCUT2D eigenvalue weighted by Gasteiger charge is 2.20. The lowest BCUT2D eigenvalue weighted by molar-refractivity contribution is 0.0994. The number of carbonyl (C=O) groups excluding carboxylic acids is 1. The first-order valence-corrected chi connectivity index (χ1v) is 9.14. The van der Waals surface area contributed by atoms with Crippen LogP contribution in [0.5, 0.6) is 5.75 Å². The summed E-state index contributed by atoms with van der Waals surface area (Å²) in [5.41, 5.74) is 0.663. The number of aromatic nitrogens is 3. The molecule has 0 bridgehead atoms. The Balaban J connectivity index is 1.74. The minimum atomic E-state index is -0.252. The van der Waals surface area contributed by atoms with Crippen molar-refractivity contribution in [1.82, 2.24) is 14.8 Å². The predicted molar refractivity (Wildman–Crippen MR) is 97.0 cm³/mol. The molecular weight excluding hydrogens is 342 g/mol. The van der Waals surface area contributed by atoms with Crippen molar-refractivity contribution in [3.8, 4) is 16.5 Å². The van der Waals surface area contributed by atoms with E-state index in [1.165, 1.54) is 11.8 Å². The van der Waals surface area contributed by atoms with E-state index in [2.05, 4.69) is 10.2 Å². The number of thiophene rings is 1. The zero-order valence-corrected chi connectivity index (χ0v) is 15.2. The quantitative estimate of drug-likeness (QED) is 0.493. The van der Waals surface area contributed by atoms with Gasteiger partial charge in [0.1, 0.15) is 5.75 Å². The molecule has 1 atom stereocenters. The molecule has 0 aliphatic carbocycles. The van der Waals surface area contributed by atoms with Gasteiger partial charge >= 0.3 is 0 Å². The Morgan fingerprint density at radius 2 is 2.00 bits per heavy atom. The minimum absolute atomic E-state index is 0.0586. The molecule has 0 saturated carbocycles. The Morgan fingerprint density at radius 3 is 2.62 bits per heavy atom. The molecule has 0 fully saturated rings. The predicted octanol–water partition coefficient (Wildman–Crippen LogP) is 3.92. The topological polar surface area (TPSA) is 57.0 Å². The summed E-state index contributed by atoms with van der Waals surface area (Å²) in [4.78, 5) is 13.6. The van der Waals surface area contributed by atoms with Crippen LogP contribution in [-0.2, 0) is 7.05 Å². The van der Waals surface area contributed by atoms with Gasteiger partial charge in [0.05, 0.1) is 17.2 Å². The summed E-state index contributed by atoms with van der Waals surface area (Å²) in [7, 11) is 3.52. The third kappa shape index (κ3) is 3.37. The van der Waals surface area contributed by atoms with Crippen molar-refractivity contribution in [1.29, 1.82) is 0 Å². The van der Waals surface area contributed by atoms with Gasteiger partial charge < -0.3 is 9.30 Å². The lowest BCUT2D eigenvalue weighted by Gasteiger charge is -2.10. The van der Waals surface area contributed by atoms with Gasteiger partial charge in [-0.3, -0.25) is 4.79 Å². The maximum absolute atomic E-state index is 12.6. The molecule has 2 heterocycles. The molecule has 0 spiro atoms. The maximum atomic E-state index is 12.6. The van der Waals surface area contributed by atoms with Crippen LogP contribution in [0.4, 0.5) is 0 Å².